The topological polar surface area (TPSA) is 30.9 Å². The fourth-order valence-electron chi connectivity index (χ4n) is 2.59. The van der Waals surface area contributed by atoms with Crippen molar-refractivity contribution < 1.29 is 0 Å². The maximum Gasteiger partial charge on any atom is 0.0483 e. The van der Waals surface area contributed by atoms with Crippen molar-refractivity contribution in [3.63, 3.8) is 0 Å². The molecule has 0 aliphatic heterocycles. The molecule has 2 N–H and O–H groups in total. The zero-order valence-electron chi connectivity index (χ0n) is 10.2. The second-order valence-corrected chi connectivity index (χ2v) is 5.14. The Labute approximate surface area is 102 Å². The number of hydrogen-bond acceptors (Lipinski definition) is 1. The Morgan fingerprint density at radius 1 is 1.24 bits per heavy atom. The molecule has 1 heterocycles. The minimum absolute atomic E-state index is 0.733. The van der Waals surface area contributed by atoms with Crippen LogP contribution in [-0.2, 0) is 13.0 Å². The van der Waals surface area contributed by atoms with Crippen molar-refractivity contribution in [3.05, 3.63) is 36.0 Å². The highest BCUT2D eigenvalue weighted by atomic mass is 15.0. The molecule has 1 saturated carbocycles. The van der Waals surface area contributed by atoms with Crippen molar-refractivity contribution in [2.24, 2.45) is 11.7 Å². The van der Waals surface area contributed by atoms with Crippen LogP contribution in [0.2, 0.25) is 0 Å². The second-order valence-electron chi connectivity index (χ2n) is 5.14. The maximum absolute atomic E-state index is 5.68. The van der Waals surface area contributed by atoms with Gasteiger partial charge >= 0.3 is 0 Å². The molecule has 0 amide bonds. The number of nitrogens with two attached hydrogens (primary N) is 1. The van der Waals surface area contributed by atoms with Gasteiger partial charge in [0.25, 0.3) is 0 Å². The summed E-state index contributed by atoms with van der Waals surface area (Å²) in [6.07, 6.45) is 7.50. The molecule has 1 aromatic heterocycles. The van der Waals surface area contributed by atoms with Gasteiger partial charge in [0.2, 0.25) is 0 Å². The van der Waals surface area contributed by atoms with Crippen molar-refractivity contribution in [2.75, 3.05) is 6.54 Å². The zero-order chi connectivity index (χ0) is 11.7. The van der Waals surface area contributed by atoms with Gasteiger partial charge in [-0.15, -0.1) is 0 Å². The molecule has 2 heteroatoms. The van der Waals surface area contributed by atoms with E-state index in [1.54, 1.807) is 0 Å². The Hall–Kier alpha value is -1.28. The molecule has 1 aliphatic rings. The number of nitrogens with zero attached hydrogens (tertiary/aromatic N) is 1. The number of rotatable bonds is 5. The molecule has 2 aromatic rings. The summed E-state index contributed by atoms with van der Waals surface area (Å²) in [5.41, 5.74) is 8.46. The Morgan fingerprint density at radius 3 is 2.82 bits per heavy atom. The first kappa shape index (κ1) is 10.8. The summed E-state index contributed by atoms with van der Waals surface area (Å²) in [5.74, 6) is 0.995. The molecule has 1 aliphatic carbocycles. The highest BCUT2D eigenvalue weighted by Crippen LogP contribution is 2.33. The first-order chi connectivity index (χ1) is 8.38. The van der Waals surface area contributed by atoms with E-state index in [-0.39, 0.29) is 0 Å². The predicted octanol–water partition coefficient (Wildman–Crippen LogP) is 2.94. The lowest BCUT2D eigenvalue weighted by molar-refractivity contribution is 0.610. The van der Waals surface area contributed by atoms with Gasteiger partial charge in [0.15, 0.2) is 0 Å². The van der Waals surface area contributed by atoms with Crippen LogP contribution in [0.25, 0.3) is 10.9 Å². The molecule has 0 atom stereocenters. The van der Waals surface area contributed by atoms with Crippen LogP contribution in [0.3, 0.4) is 0 Å². The first-order valence-electron chi connectivity index (χ1n) is 6.65. The summed E-state index contributed by atoms with van der Waals surface area (Å²) < 4.78 is 2.42. The number of fused-ring (bicyclic) bond motifs is 1. The van der Waals surface area contributed by atoms with E-state index in [2.05, 4.69) is 35.0 Å². The van der Waals surface area contributed by atoms with Gasteiger partial charge in [-0.05, 0) is 36.9 Å². The highest BCUT2D eigenvalue weighted by Gasteiger charge is 2.21. The SMILES string of the molecule is NCCc1cn(CCC2CC2)c2ccccc12. The van der Waals surface area contributed by atoms with Gasteiger partial charge in [-0.2, -0.15) is 0 Å². The second kappa shape index (κ2) is 4.53. The van der Waals surface area contributed by atoms with Crippen LogP contribution in [0.5, 0.6) is 0 Å². The van der Waals surface area contributed by atoms with Crippen molar-refractivity contribution in [3.8, 4) is 0 Å². The summed E-state index contributed by atoms with van der Waals surface area (Å²) in [4.78, 5) is 0. The molecule has 0 radical (unpaired) electrons. The zero-order valence-corrected chi connectivity index (χ0v) is 10.2. The van der Waals surface area contributed by atoms with Crippen LogP contribution in [-0.4, -0.2) is 11.1 Å². The Balaban J connectivity index is 1.92. The van der Waals surface area contributed by atoms with E-state index in [1.807, 2.05) is 0 Å². The van der Waals surface area contributed by atoms with Crippen LogP contribution >= 0.6 is 0 Å². The minimum Gasteiger partial charge on any atom is -0.347 e. The molecule has 2 nitrogen and oxygen atoms in total. The van der Waals surface area contributed by atoms with Crippen LogP contribution in [0.4, 0.5) is 0 Å². The third-order valence-electron chi connectivity index (χ3n) is 3.76. The standard InChI is InChI=1S/C15H20N2/c16-9-7-13-11-17(10-8-12-5-6-12)15-4-2-1-3-14(13)15/h1-4,11-12H,5-10,16H2. The van der Waals surface area contributed by atoms with Crippen LogP contribution in [0.1, 0.15) is 24.8 Å². The summed E-state index contributed by atoms with van der Waals surface area (Å²) >= 11 is 0. The highest BCUT2D eigenvalue weighted by molar-refractivity contribution is 5.84. The van der Waals surface area contributed by atoms with Gasteiger partial charge in [0.1, 0.15) is 0 Å². The number of aromatic nitrogens is 1. The quantitative estimate of drug-likeness (QED) is 0.838. The first-order valence-corrected chi connectivity index (χ1v) is 6.65. The third kappa shape index (κ3) is 2.22. The largest absolute Gasteiger partial charge is 0.347 e. The van der Waals surface area contributed by atoms with E-state index in [1.165, 1.54) is 35.7 Å². The molecule has 1 aromatic carbocycles. The van der Waals surface area contributed by atoms with Crippen molar-refractivity contribution >= 4 is 10.9 Å². The number of aryl methyl sites for hydroxylation is 1. The summed E-state index contributed by atoms with van der Waals surface area (Å²) in [7, 11) is 0. The summed E-state index contributed by atoms with van der Waals surface area (Å²) in [6, 6.07) is 8.69. The molecular formula is C15H20N2. The summed E-state index contributed by atoms with van der Waals surface area (Å²) in [6.45, 7) is 1.90. The number of benzene rings is 1. The van der Waals surface area contributed by atoms with Crippen molar-refractivity contribution in [2.45, 2.75) is 32.2 Å². The minimum atomic E-state index is 0.733. The van der Waals surface area contributed by atoms with Gasteiger partial charge in [-0.25, -0.2) is 0 Å². The maximum atomic E-state index is 5.68. The van der Waals surface area contributed by atoms with E-state index in [0.29, 0.717) is 0 Å². The average Bonchev–Trinajstić information content (AvgIpc) is 3.12. The lowest BCUT2D eigenvalue weighted by Gasteiger charge is -2.03. The Morgan fingerprint density at radius 2 is 2.06 bits per heavy atom. The van der Waals surface area contributed by atoms with Gasteiger partial charge in [-0.3, -0.25) is 0 Å². The van der Waals surface area contributed by atoms with Gasteiger partial charge in [-0.1, -0.05) is 31.0 Å². The molecule has 90 valence electrons. The smallest absolute Gasteiger partial charge is 0.0483 e. The van der Waals surface area contributed by atoms with Gasteiger partial charge < -0.3 is 10.3 Å². The van der Waals surface area contributed by atoms with Crippen LogP contribution in [0, 0.1) is 5.92 Å². The normalized spacial score (nSPS) is 15.6. The Kier molecular flexibility index (Phi) is 2.89. The lowest BCUT2D eigenvalue weighted by Crippen LogP contribution is -2.02. The molecule has 0 saturated heterocycles. The molecule has 0 spiro atoms. The van der Waals surface area contributed by atoms with Gasteiger partial charge in [0, 0.05) is 23.6 Å². The monoisotopic (exact) mass is 228 g/mol. The molecule has 1 fully saturated rings. The molecule has 17 heavy (non-hydrogen) atoms. The molecule has 0 bridgehead atoms. The lowest BCUT2D eigenvalue weighted by atomic mass is 10.1. The van der Waals surface area contributed by atoms with E-state index in [9.17, 15) is 0 Å². The van der Waals surface area contributed by atoms with Crippen LogP contribution < -0.4 is 5.73 Å². The third-order valence-corrected chi connectivity index (χ3v) is 3.76. The molecule has 3 rings (SSSR count). The fraction of sp³-hybridized carbons (Fsp3) is 0.467. The van der Waals surface area contributed by atoms with E-state index in [0.717, 1.165) is 25.4 Å². The molecular weight excluding hydrogens is 208 g/mol. The molecule has 0 unspecified atom stereocenters. The van der Waals surface area contributed by atoms with E-state index in [4.69, 9.17) is 5.73 Å². The number of hydrogen-bond donors (Lipinski definition) is 1. The van der Waals surface area contributed by atoms with E-state index < -0.39 is 0 Å². The Bertz CT molecular complexity index is 509. The van der Waals surface area contributed by atoms with Crippen molar-refractivity contribution in [1.29, 1.82) is 0 Å². The van der Waals surface area contributed by atoms with E-state index >= 15 is 0 Å². The summed E-state index contributed by atoms with van der Waals surface area (Å²) in [5, 5.41) is 1.38. The van der Waals surface area contributed by atoms with Crippen LogP contribution in [0.15, 0.2) is 30.5 Å². The predicted molar refractivity (Wildman–Crippen MR) is 72.0 cm³/mol. The van der Waals surface area contributed by atoms with Crippen molar-refractivity contribution in [1.82, 2.24) is 4.57 Å². The van der Waals surface area contributed by atoms with Gasteiger partial charge in [0.05, 0.1) is 0 Å². The number of para-hydroxylation sites is 1. The fourth-order valence-corrected chi connectivity index (χ4v) is 2.59. The average molecular weight is 228 g/mol.